The first-order valence-electron chi connectivity index (χ1n) is 8.72. The quantitative estimate of drug-likeness (QED) is 0.781. The molecule has 0 aromatic heterocycles. The zero-order valence-corrected chi connectivity index (χ0v) is 15.1. The molecule has 0 saturated carbocycles. The van der Waals surface area contributed by atoms with Crippen LogP contribution in [0.25, 0.3) is 0 Å². The molecule has 1 rings (SSSR count). The zero-order chi connectivity index (χ0) is 15.4. The summed E-state index contributed by atoms with van der Waals surface area (Å²) in [5, 5.41) is 3.71. The van der Waals surface area contributed by atoms with Crippen LogP contribution in [-0.2, 0) is 0 Å². The Morgan fingerprint density at radius 2 is 1.55 bits per heavy atom. The molecule has 2 heteroatoms. The van der Waals surface area contributed by atoms with E-state index in [0.29, 0.717) is 11.5 Å². The van der Waals surface area contributed by atoms with Crippen LogP contribution in [-0.4, -0.2) is 36.1 Å². The topological polar surface area (TPSA) is 15.3 Å². The van der Waals surface area contributed by atoms with Gasteiger partial charge in [0.1, 0.15) is 0 Å². The number of hydrogen-bond donors (Lipinski definition) is 1. The second-order valence-electron chi connectivity index (χ2n) is 8.19. The van der Waals surface area contributed by atoms with E-state index in [4.69, 9.17) is 0 Å². The Morgan fingerprint density at radius 3 is 1.90 bits per heavy atom. The van der Waals surface area contributed by atoms with Crippen LogP contribution in [0, 0.1) is 11.3 Å². The minimum atomic E-state index is 0.222. The third kappa shape index (κ3) is 5.04. The molecule has 0 aromatic rings. The highest BCUT2D eigenvalue weighted by Crippen LogP contribution is 2.38. The molecule has 0 amide bonds. The summed E-state index contributed by atoms with van der Waals surface area (Å²) >= 11 is 0. The maximum Gasteiger partial charge on any atom is 0.0243 e. The Hall–Kier alpha value is -0.0800. The summed E-state index contributed by atoms with van der Waals surface area (Å²) in [6.07, 6.45) is 5.48. The highest BCUT2D eigenvalue weighted by molar-refractivity contribution is 4.89. The smallest absolute Gasteiger partial charge is 0.0243 e. The molecule has 1 N–H and O–H groups in total. The van der Waals surface area contributed by atoms with Gasteiger partial charge in [0.25, 0.3) is 0 Å². The summed E-state index contributed by atoms with van der Waals surface area (Å²) < 4.78 is 0. The molecule has 1 atom stereocenters. The van der Waals surface area contributed by atoms with E-state index in [9.17, 15) is 0 Å². The largest absolute Gasteiger partial charge is 0.311 e. The second kappa shape index (κ2) is 7.26. The van der Waals surface area contributed by atoms with E-state index < -0.39 is 0 Å². The van der Waals surface area contributed by atoms with Gasteiger partial charge in [-0.3, -0.25) is 4.90 Å². The summed E-state index contributed by atoms with van der Waals surface area (Å²) in [4.78, 5) is 2.74. The minimum absolute atomic E-state index is 0.222. The summed E-state index contributed by atoms with van der Waals surface area (Å²) in [7, 11) is 0. The molecule has 1 fully saturated rings. The van der Waals surface area contributed by atoms with E-state index in [1.54, 1.807) is 0 Å². The molecule has 0 bridgehead atoms. The minimum Gasteiger partial charge on any atom is -0.311 e. The first-order chi connectivity index (χ1) is 9.23. The number of hydrogen-bond acceptors (Lipinski definition) is 2. The van der Waals surface area contributed by atoms with Crippen molar-refractivity contribution in [2.75, 3.05) is 19.6 Å². The monoisotopic (exact) mass is 282 g/mol. The maximum atomic E-state index is 3.71. The summed E-state index contributed by atoms with van der Waals surface area (Å²) in [5.41, 5.74) is 0.856. The molecular formula is C18H38N2. The van der Waals surface area contributed by atoms with Gasteiger partial charge in [-0.1, -0.05) is 40.5 Å². The molecule has 20 heavy (non-hydrogen) atoms. The molecule has 0 radical (unpaired) electrons. The third-order valence-electron chi connectivity index (χ3n) is 5.44. The summed E-state index contributed by atoms with van der Waals surface area (Å²) in [6.45, 7) is 20.0. The van der Waals surface area contributed by atoms with Gasteiger partial charge < -0.3 is 5.32 Å². The van der Waals surface area contributed by atoms with Crippen molar-refractivity contribution in [2.45, 2.75) is 85.7 Å². The zero-order valence-electron chi connectivity index (χ0n) is 15.1. The van der Waals surface area contributed by atoms with Gasteiger partial charge >= 0.3 is 0 Å². The van der Waals surface area contributed by atoms with Crippen LogP contribution in [0.2, 0.25) is 0 Å². The Bertz CT molecular complexity index is 264. The third-order valence-corrected chi connectivity index (χ3v) is 5.44. The van der Waals surface area contributed by atoms with Crippen molar-refractivity contribution in [1.29, 1.82) is 0 Å². The fourth-order valence-electron chi connectivity index (χ4n) is 3.48. The van der Waals surface area contributed by atoms with E-state index in [1.807, 2.05) is 0 Å². The Kier molecular flexibility index (Phi) is 6.53. The molecule has 1 saturated heterocycles. The maximum absolute atomic E-state index is 3.71. The van der Waals surface area contributed by atoms with E-state index in [2.05, 4.69) is 58.7 Å². The van der Waals surface area contributed by atoms with Crippen LogP contribution >= 0.6 is 0 Å². The van der Waals surface area contributed by atoms with Crippen LogP contribution in [0.15, 0.2) is 0 Å². The molecule has 2 nitrogen and oxygen atoms in total. The highest BCUT2D eigenvalue weighted by Gasteiger charge is 2.34. The van der Waals surface area contributed by atoms with Crippen LogP contribution < -0.4 is 5.32 Å². The normalized spacial score (nSPS) is 22.2. The van der Waals surface area contributed by atoms with Gasteiger partial charge in [0.15, 0.2) is 0 Å². The van der Waals surface area contributed by atoms with Crippen molar-refractivity contribution in [3.05, 3.63) is 0 Å². The van der Waals surface area contributed by atoms with E-state index in [1.165, 1.54) is 38.8 Å². The van der Waals surface area contributed by atoms with Crippen LogP contribution in [0.1, 0.15) is 74.1 Å². The van der Waals surface area contributed by atoms with Crippen LogP contribution in [0.5, 0.6) is 0 Å². The highest BCUT2D eigenvalue weighted by atomic mass is 15.2. The lowest BCUT2D eigenvalue weighted by Gasteiger charge is -2.45. The molecule has 0 aliphatic carbocycles. The Morgan fingerprint density at radius 1 is 1.05 bits per heavy atom. The van der Waals surface area contributed by atoms with Crippen molar-refractivity contribution in [3.8, 4) is 0 Å². The molecular weight excluding hydrogens is 244 g/mol. The fraction of sp³-hybridized carbons (Fsp3) is 1.00. The van der Waals surface area contributed by atoms with Crippen LogP contribution in [0.3, 0.4) is 0 Å². The van der Waals surface area contributed by atoms with E-state index in [0.717, 1.165) is 12.5 Å². The van der Waals surface area contributed by atoms with Gasteiger partial charge in [0.2, 0.25) is 0 Å². The SMILES string of the molecule is CCC1(CC)CCN(C(CNC(C)(C)C)C(C)C)CC1. The Labute approximate surface area is 127 Å². The molecule has 1 aliphatic heterocycles. The fourth-order valence-corrected chi connectivity index (χ4v) is 3.48. The first kappa shape index (κ1) is 18.0. The van der Waals surface area contributed by atoms with E-state index >= 15 is 0 Å². The van der Waals surface area contributed by atoms with Crippen molar-refractivity contribution < 1.29 is 0 Å². The molecule has 1 unspecified atom stereocenters. The number of likely N-dealkylation sites (tertiary alicyclic amines) is 1. The van der Waals surface area contributed by atoms with Gasteiger partial charge in [-0.25, -0.2) is 0 Å². The predicted molar refractivity (Wildman–Crippen MR) is 90.2 cm³/mol. The summed E-state index contributed by atoms with van der Waals surface area (Å²) in [5.74, 6) is 0.723. The van der Waals surface area contributed by atoms with E-state index in [-0.39, 0.29) is 5.54 Å². The first-order valence-corrected chi connectivity index (χ1v) is 8.72. The van der Waals surface area contributed by atoms with Gasteiger partial charge in [0, 0.05) is 18.1 Å². The molecule has 0 spiro atoms. The number of piperidine rings is 1. The lowest BCUT2D eigenvalue weighted by Crippen LogP contribution is -2.53. The van der Waals surface area contributed by atoms with Crippen molar-refractivity contribution >= 4 is 0 Å². The van der Waals surface area contributed by atoms with Crippen molar-refractivity contribution in [2.24, 2.45) is 11.3 Å². The predicted octanol–water partition coefficient (Wildman–Crippen LogP) is 4.30. The molecule has 1 aliphatic rings. The number of nitrogens with one attached hydrogen (secondary N) is 1. The standard InChI is InChI=1S/C18H38N2/c1-8-18(9-2)10-12-20(13-11-18)16(15(3)4)14-19-17(5,6)7/h15-16,19H,8-14H2,1-7H3. The second-order valence-corrected chi connectivity index (χ2v) is 8.19. The van der Waals surface area contributed by atoms with Crippen LogP contribution in [0.4, 0.5) is 0 Å². The number of rotatable bonds is 6. The number of nitrogens with zero attached hydrogens (tertiary/aromatic N) is 1. The molecule has 120 valence electrons. The lowest BCUT2D eigenvalue weighted by atomic mass is 9.73. The lowest BCUT2D eigenvalue weighted by molar-refractivity contribution is 0.0481. The average Bonchev–Trinajstić information content (AvgIpc) is 2.38. The van der Waals surface area contributed by atoms with Gasteiger partial charge in [-0.05, 0) is 58.0 Å². The van der Waals surface area contributed by atoms with Crippen molar-refractivity contribution in [1.82, 2.24) is 10.2 Å². The average molecular weight is 283 g/mol. The van der Waals surface area contributed by atoms with Gasteiger partial charge in [-0.15, -0.1) is 0 Å². The molecule has 1 heterocycles. The Balaban J connectivity index is 2.58. The van der Waals surface area contributed by atoms with Gasteiger partial charge in [0.05, 0.1) is 0 Å². The summed E-state index contributed by atoms with van der Waals surface area (Å²) in [6, 6.07) is 0.681. The van der Waals surface area contributed by atoms with Crippen molar-refractivity contribution in [3.63, 3.8) is 0 Å². The van der Waals surface area contributed by atoms with Gasteiger partial charge in [-0.2, -0.15) is 0 Å². The molecule has 0 aromatic carbocycles.